The van der Waals surface area contributed by atoms with Crippen molar-refractivity contribution in [3.8, 4) is 0 Å². The summed E-state index contributed by atoms with van der Waals surface area (Å²) < 4.78 is 0. The molecule has 0 spiro atoms. The van der Waals surface area contributed by atoms with Gasteiger partial charge in [0.1, 0.15) is 0 Å². The van der Waals surface area contributed by atoms with Gasteiger partial charge < -0.3 is 10.6 Å². The molecule has 0 aromatic heterocycles. The predicted octanol–water partition coefficient (Wildman–Crippen LogP) is 2.16. The maximum Gasteiger partial charge on any atom is 0.000611 e. The van der Waals surface area contributed by atoms with E-state index in [1.54, 1.807) is 0 Å². The van der Waals surface area contributed by atoms with Gasteiger partial charge in [-0.2, -0.15) is 0 Å². The van der Waals surface area contributed by atoms with Crippen molar-refractivity contribution in [1.82, 2.24) is 10.6 Å². The fraction of sp³-hybridized carbons (Fsp3) is 1.00. The molecule has 2 nitrogen and oxygen atoms in total. The van der Waals surface area contributed by atoms with Crippen LogP contribution in [0.25, 0.3) is 0 Å². The van der Waals surface area contributed by atoms with Gasteiger partial charge in [-0.3, -0.25) is 0 Å². The first-order valence-electron chi connectivity index (χ1n) is 6.70. The second kappa shape index (κ2) is 5.31. The van der Waals surface area contributed by atoms with Crippen molar-refractivity contribution < 1.29 is 0 Å². The molecule has 1 saturated heterocycles. The van der Waals surface area contributed by atoms with Crippen LogP contribution in [0.15, 0.2) is 0 Å². The van der Waals surface area contributed by atoms with Crippen molar-refractivity contribution in [3.63, 3.8) is 0 Å². The molecule has 1 aliphatic carbocycles. The third-order valence-electron chi connectivity index (χ3n) is 4.03. The van der Waals surface area contributed by atoms with Gasteiger partial charge in [-0.05, 0) is 56.7 Å². The van der Waals surface area contributed by atoms with E-state index in [1.165, 1.54) is 64.7 Å². The minimum absolute atomic E-state index is 0.560. The van der Waals surface area contributed by atoms with E-state index in [4.69, 9.17) is 0 Å². The summed E-state index contributed by atoms with van der Waals surface area (Å²) in [5.41, 5.74) is 0.560. The van der Waals surface area contributed by atoms with Crippen molar-refractivity contribution in [2.24, 2.45) is 11.3 Å². The average Bonchev–Trinajstić information content (AvgIpc) is 3.02. The van der Waals surface area contributed by atoms with Crippen LogP contribution >= 0.6 is 0 Å². The van der Waals surface area contributed by atoms with Crippen LogP contribution in [0.2, 0.25) is 0 Å². The Morgan fingerprint density at radius 3 is 2.67 bits per heavy atom. The highest BCUT2D eigenvalue weighted by Gasteiger charge is 2.26. The van der Waals surface area contributed by atoms with Gasteiger partial charge in [0.2, 0.25) is 0 Å². The zero-order valence-electron chi connectivity index (χ0n) is 10.1. The molecule has 0 unspecified atom stereocenters. The molecule has 0 radical (unpaired) electrons. The third kappa shape index (κ3) is 4.12. The first-order valence-corrected chi connectivity index (χ1v) is 6.70. The Morgan fingerprint density at radius 2 is 2.00 bits per heavy atom. The second-order valence-corrected chi connectivity index (χ2v) is 5.82. The summed E-state index contributed by atoms with van der Waals surface area (Å²) in [7, 11) is 0. The highest BCUT2D eigenvalue weighted by molar-refractivity contribution is 4.82. The molecule has 1 saturated carbocycles. The van der Waals surface area contributed by atoms with Gasteiger partial charge in [-0.25, -0.2) is 0 Å². The SMILES string of the molecule is CC1(CNCCCC2CC2)CCNCC1. The van der Waals surface area contributed by atoms with E-state index in [9.17, 15) is 0 Å². The zero-order chi connectivity index (χ0) is 10.6. The standard InChI is InChI=1S/C13H26N2/c1-13(6-9-14-10-7-13)11-15-8-2-3-12-4-5-12/h12,14-15H,2-11H2,1H3. The molecule has 0 aromatic carbocycles. The summed E-state index contributed by atoms with van der Waals surface area (Å²) in [5.74, 6) is 1.10. The quantitative estimate of drug-likeness (QED) is 0.657. The van der Waals surface area contributed by atoms with E-state index in [0.717, 1.165) is 5.92 Å². The molecule has 2 aliphatic rings. The van der Waals surface area contributed by atoms with E-state index in [2.05, 4.69) is 17.6 Å². The summed E-state index contributed by atoms with van der Waals surface area (Å²) in [6, 6.07) is 0. The lowest BCUT2D eigenvalue weighted by molar-refractivity contribution is 0.220. The molecule has 0 bridgehead atoms. The lowest BCUT2D eigenvalue weighted by atomic mass is 9.81. The number of hydrogen-bond acceptors (Lipinski definition) is 2. The number of piperidine rings is 1. The normalized spacial score (nSPS) is 25.4. The molecule has 2 fully saturated rings. The smallest absolute Gasteiger partial charge is 0.000611 e. The molecule has 2 rings (SSSR count). The molecule has 0 aromatic rings. The summed E-state index contributed by atoms with van der Waals surface area (Å²) in [6.07, 6.45) is 8.53. The second-order valence-electron chi connectivity index (χ2n) is 5.82. The van der Waals surface area contributed by atoms with Crippen LogP contribution in [0.1, 0.15) is 45.4 Å². The summed E-state index contributed by atoms with van der Waals surface area (Å²) in [6.45, 7) is 7.31. The van der Waals surface area contributed by atoms with E-state index >= 15 is 0 Å². The average molecular weight is 210 g/mol. The van der Waals surface area contributed by atoms with Crippen molar-refractivity contribution in [1.29, 1.82) is 0 Å². The molecule has 15 heavy (non-hydrogen) atoms. The Hall–Kier alpha value is -0.0800. The van der Waals surface area contributed by atoms with Crippen LogP contribution in [-0.2, 0) is 0 Å². The van der Waals surface area contributed by atoms with Crippen LogP contribution in [-0.4, -0.2) is 26.2 Å². The van der Waals surface area contributed by atoms with E-state index in [-0.39, 0.29) is 0 Å². The van der Waals surface area contributed by atoms with Gasteiger partial charge in [0.05, 0.1) is 0 Å². The summed E-state index contributed by atoms with van der Waals surface area (Å²) in [5, 5.41) is 7.09. The first kappa shape index (κ1) is 11.4. The largest absolute Gasteiger partial charge is 0.317 e. The van der Waals surface area contributed by atoms with E-state index in [0.29, 0.717) is 5.41 Å². The summed E-state index contributed by atoms with van der Waals surface area (Å²) in [4.78, 5) is 0. The maximum absolute atomic E-state index is 3.65. The monoisotopic (exact) mass is 210 g/mol. The Kier molecular flexibility index (Phi) is 4.04. The zero-order valence-corrected chi connectivity index (χ0v) is 10.1. The van der Waals surface area contributed by atoms with Crippen LogP contribution in [0.3, 0.4) is 0 Å². The molecule has 2 heteroatoms. The fourth-order valence-electron chi connectivity index (χ4n) is 2.52. The Bertz CT molecular complexity index is 181. The lowest BCUT2D eigenvalue weighted by Gasteiger charge is -2.34. The van der Waals surface area contributed by atoms with Gasteiger partial charge in [-0.15, -0.1) is 0 Å². The highest BCUT2D eigenvalue weighted by Crippen LogP contribution is 2.33. The molecule has 2 N–H and O–H groups in total. The molecule has 0 amide bonds. The number of hydrogen-bond donors (Lipinski definition) is 2. The van der Waals surface area contributed by atoms with Gasteiger partial charge >= 0.3 is 0 Å². The van der Waals surface area contributed by atoms with Gasteiger partial charge in [0.15, 0.2) is 0 Å². The van der Waals surface area contributed by atoms with Crippen LogP contribution in [0, 0.1) is 11.3 Å². The van der Waals surface area contributed by atoms with Gasteiger partial charge in [0.25, 0.3) is 0 Å². The lowest BCUT2D eigenvalue weighted by Crippen LogP contribution is -2.41. The van der Waals surface area contributed by atoms with Crippen molar-refractivity contribution >= 4 is 0 Å². The number of rotatable bonds is 6. The Balaban J connectivity index is 1.51. The fourth-order valence-corrected chi connectivity index (χ4v) is 2.52. The molecule has 1 heterocycles. The highest BCUT2D eigenvalue weighted by atomic mass is 14.9. The predicted molar refractivity (Wildman–Crippen MR) is 65.0 cm³/mol. The molecule has 88 valence electrons. The molecule has 1 aliphatic heterocycles. The van der Waals surface area contributed by atoms with Crippen LogP contribution in [0.5, 0.6) is 0 Å². The first-order chi connectivity index (χ1) is 7.29. The third-order valence-corrected chi connectivity index (χ3v) is 4.03. The van der Waals surface area contributed by atoms with Crippen LogP contribution in [0.4, 0.5) is 0 Å². The minimum Gasteiger partial charge on any atom is -0.317 e. The topological polar surface area (TPSA) is 24.1 Å². The van der Waals surface area contributed by atoms with Crippen LogP contribution < -0.4 is 10.6 Å². The molecular formula is C13H26N2. The van der Waals surface area contributed by atoms with Gasteiger partial charge in [0, 0.05) is 6.54 Å². The van der Waals surface area contributed by atoms with Crippen molar-refractivity contribution in [2.75, 3.05) is 26.2 Å². The number of nitrogens with one attached hydrogen (secondary N) is 2. The summed E-state index contributed by atoms with van der Waals surface area (Å²) >= 11 is 0. The van der Waals surface area contributed by atoms with Crippen molar-refractivity contribution in [2.45, 2.75) is 45.4 Å². The Morgan fingerprint density at radius 1 is 1.27 bits per heavy atom. The minimum atomic E-state index is 0.560. The molecule has 0 atom stereocenters. The van der Waals surface area contributed by atoms with E-state index in [1.807, 2.05) is 0 Å². The van der Waals surface area contributed by atoms with E-state index < -0.39 is 0 Å². The Labute approximate surface area is 94.2 Å². The maximum atomic E-state index is 3.65. The molecular weight excluding hydrogens is 184 g/mol. The van der Waals surface area contributed by atoms with Crippen molar-refractivity contribution in [3.05, 3.63) is 0 Å². The van der Waals surface area contributed by atoms with Gasteiger partial charge in [-0.1, -0.05) is 19.8 Å².